The number of nitrogens with one attached hydrogen (secondary N) is 1. The van der Waals surface area contributed by atoms with Gasteiger partial charge in [-0.2, -0.15) is 0 Å². The first-order valence-corrected chi connectivity index (χ1v) is 10.2. The first kappa shape index (κ1) is 19.9. The highest BCUT2D eigenvalue weighted by atomic mass is 16.7. The fourth-order valence-corrected chi connectivity index (χ4v) is 4.18. The fourth-order valence-electron chi connectivity index (χ4n) is 4.18. The Morgan fingerprint density at radius 3 is 2.19 bits per heavy atom. The van der Waals surface area contributed by atoms with Gasteiger partial charge in [-0.15, -0.1) is 0 Å². The van der Waals surface area contributed by atoms with Crippen LogP contribution >= 0.6 is 0 Å². The number of rotatable bonds is 2. The minimum absolute atomic E-state index is 0.101. The maximum absolute atomic E-state index is 12.6. The van der Waals surface area contributed by atoms with Crippen LogP contribution in [-0.4, -0.2) is 17.2 Å². The van der Waals surface area contributed by atoms with Crippen molar-refractivity contribution in [2.75, 3.05) is 5.32 Å². The lowest BCUT2D eigenvalue weighted by Gasteiger charge is -2.40. The number of carbonyl (C=O) groups is 1. The Morgan fingerprint density at radius 2 is 1.67 bits per heavy atom. The Hall–Kier alpha value is -1.84. The molecule has 1 fully saturated rings. The summed E-state index contributed by atoms with van der Waals surface area (Å²) in [5.74, 6) is 0.569. The molecule has 0 saturated heterocycles. The topological polar surface area (TPSA) is 50.7 Å². The van der Waals surface area contributed by atoms with Crippen molar-refractivity contribution in [1.82, 2.24) is 0 Å². The minimum Gasteiger partial charge on any atom is -0.388 e. The first-order valence-electron chi connectivity index (χ1n) is 10.2. The summed E-state index contributed by atoms with van der Waals surface area (Å²) < 4.78 is 0. The molecule has 0 aromatic heterocycles. The quantitative estimate of drug-likeness (QED) is 0.729. The maximum Gasteiger partial charge on any atom is 0.273 e. The van der Waals surface area contributed by atoms with E-state index in [-0.39, 0.29) is 16.9 Å². The third-order valence-corrected chi connectivity index (χ3v) is 6.23. The summed E-state index contributed by atoms with van der Waals surface area (Å²) in [4.78, 5) is 18.4. The molecule has 1 aromatic carbocycles. The van der Waals surface area contributed by atoms with E-state index in [0.717, 1.165) is 31.4 Å². The van der Waals surface area contributed by atoms with E-state index in [2.05, 4.69) is 64.1 Å². The molecule has 0 bridgehead atoms. The van der Waals surface area contributed by atoms with Crippen LogP contribution in [0.3, 0.4) is 0 Å². The van der Waals surface area contributed by atoms with Gasteiger partial charge in [0.05, 0.1) is 0 Å². The van der Waals surface area contributed by atoms with Crippen molar-refractivity contribution in [2.24, 2.45) is 16.5 Å². The van der Waals surface area contributed by atoms with Crippen LogP contribution in [-0.2, 0) is 15.0 Å². The fraction of sp³-hybridized carbons (Fsp3) is 0.652. The van der Waals surface area contributed by atoms with Crippen LogP contribution in [0.2, 0.25) is 0 Å². The molecule has 0 radical (unpaired) electrons. The molecule has 1 aliphatic carbocycles. The van der Waals surface area contributed by atoms with Gasteiger partial charge >= 0.3 is 0 Å². The summed E-state index contributed by atoms with van der Waals surface area (Å²) in [6.07, 6.45) is 4.87. The van der Waals surface area contributed by atoms with Gasteiger partial charge in [0.2, 0.25) is 0 Å². The van der Waals surface area contributed by atoms with Crippen molar-refractivity contribution in [1.29, 1.82) is 0 Å². The van der Waals surface area contributed by atoms with Crippen molar-refractivity contribution in [3.05, 3.63) is 29.8 Å². The largest absolute Gasteiger partial charge is 0.388 e. The highest BCUT2D eigenvalue weighted by Gasteiger charge is 2.45. The monoisotopic (exact) mass is 370 g/mol. The van der Waals surface area contributed by atoms with E-state index in [0.29, 0.717) is 23.5 Å². The predicted octanol–water partition coefficient (Wildman–Crippen LogP) is 5.67. The van der Waals surface area contributed by atoms with Gasteiger partial charge in [-0.05, 0) is 60.1 Å². The molecule has 4 heteroatoms. The van der Waals surface area contributed by atoms with Crippen molar-refractivity contribution >= 4 is 17.3 Å². The average molecular weight is 371 g/mol. The lowest BCUT2D eigenvalue weighted by atomic mass is 9.67. The van der Waals surface area contributed by atoms with E-state index in [4.69, 9.17) is 4.84 Å². The average Bonchev–Trinajstić information content (AvgIpc) is 2.98. The Labute approximate surface area is 163 Å². The molecular formula is C23H34N2O2. The van der Waals surface area contributed by atoms with Crippen LogP contribution < -0.4 is 5.32 Å². The maximum atomic E-state index is 12.6. The normalized spacial score (nSPS) is 25.9. The summed E-state index contributed by atoms with van der Waals surface area (Å²) in [6.45, 7) is 13.5. The van der Waals surface area contributed by atoms with E-state index < -0.39 is 0 Å². The second kappa shape index (κ2) is 6.96. The number of hydrogen-bond donors (Lipinski definition) is 1. The molecule has 0 unspecified atom stereocenters. The number of oxime groups is 1. The third kappa shape index (κ3) is 4.53. The Balaban J connectivity index is 1.57. The molecule has 0 atom stereocenters. The lowest BCUT2D eigenvalue weighted by Crippen LogP contribution is -2.38. The van der Waals surface area contributed by atoms with Crippen LogP contribution in [0, 0.1) is 11.3 Å². The minimum atomic E-state index is -0.259. The predicted molar refractivity (Wildman–Crippen MR) is 111 cm³/mol. The second-order valence-corrected chi connectivity index (χ2v) is 10.4. The molecule has 1 aliphatic heterocycles. The van der Waals surface area contributed by atoms with Crippen LogP contribution in [0.1, 0.15) is 79.2 Å². The zero-order valence-electron chi connectivity index (χ0n) is 17.7. The summed E-state index contributed by atoms with van der Waals surface area (Å²) in [7, 11) is 0. The van der Waals surface area contributed by atoms with E-state index in [1.165, 1.54) is 5.56 Å². The Bertz CT molecular complexity index is 712. The highest BCUT2D eigenvalue weighted by molar-refractivity contribution is 6.43. The van der Waals surface area contributed by atoms with Crippen molar-refractivity contribution in [3.8, 4) is 0 Å². The van der Waals surface area contributed by atoms with Gasteiger partial charge in [-0.1, -0.05) is 58.8 Å². The van der Waals surface area contributed by atoms with E-state index >= 15 is 0 Å². The van der Waals surface area contributed by atoms with Crippen molar-refractivity contribution in [3.63, 3.8) is 0 Å². The summed E-state index contributed by atoms with van der Waals surface area (Å²) in [6, 6.07) is 8.05. The van der Waals surface area contributed by atoms with Gasteiger partial charge in [-0.25, -0.2) is 0 Å². The van der Waals surface area contributed by atoms with E-state index in [9.17, 15) is 4.79 Å². The molecule has 1 N–H and O–H groups in total. The number of benzene rings is 1. The van der Waals surface area contributed by atoms with Crippen LogP contribution in [0.25, 0.3) is 0 Å². The smallest absolute Gasteiger partial charge is 0.273 e. The van der Waals surface area contributed by atoms with Crippen molar-refractivity contribution in [2.45, 2.75) is 84.7 Å². The zero-order valence-corrected chi connectivity index (χ0v) is 17.7. The number of anilines is 1. The third-order valence-electron chi connectivity index (χ3n) is 6.23. The first-order chi connectivity index (χ1) is 12.5. The molecule has 2 aliphatic rings. The molecule has 1 heterocycles. The lowest BCUT2D eigenvalue weighted by molar-refractivity contribution is -0.110. The van der Waals surface area contributed by atoms with E-state index in [1.807, 2.05) is 12.1 Å². The van der Waals surface area contributed by atoms with E-state index in [1.54, 1.807) is 0 Å². The SMILES string of the molecule is CC(C)(C)c1ccc(NC(=O)C2=NOC3(CCC(C(C)(C)C)CC3)C2)cc1. The Kier molecular flexibility index (Phi) is 5.13. The van der Waals surface area contributed by atoms with Gasteiger partial charge in [0.1, 0.15) is 11.3 Å². The molecule has 1 saturated carbocycles. The summed E-state index contributed by atoms with van der Waals surface area (Å²) in [5, 5.41) is 7.13. The molecule has 4 nitrogen and oxygen atoms in total. The van der Waals surface area contributed by atoms with Crippen LogP contribution in [0.4, 0.5) is 5.69 Å². The van der Waals surface area contributed by atoms with Gasteiger partial charge in [-0.3, -0.25) is 4.79 Å². The molecule has 27 heavy (non-hydrogen) atoms. The summed E-state index contributed by atoms with van der Waals surface area (Å²) in [5.41, 5.74) is 2.74. The van der Waals surface area contributed by atoms with Gasteiger partial charge < -0.3 is 10.2 Å². The van der Waals surface area contributed by atoms with Crippen LogP contribution in [0.5, 0.6) is 0 Å². The summed E-state index contributed by atoms with van der Waals surface area (Å²) >= 11 is 0. The molecule has 1 spiro atoms. The van der Waals surface area contributed by atoms with Gasteiger partial charge in [0.25, 0.3) is 5.91 Å². The molecule has 148 valence electrons. The second-order valence-electron chi connectivity index (χ2n) is 10.4. The zero-order chi connectivity index (χ0) is 19.9. The number of carbonyl (C=O) groups excluding carboxylic acids is 1. The van der Waals surface area contributed by atoms with Crippen LogP contribution in [0.15, 0.2) is 29.4 Å². The Morgan fingerprint density at radius 1 is 1.07 bits per heavy atom. The number of amides is 1. The number of hydrogen-bond acceptors (Lipinski definition) is 3. The standard InChI is InChI=1S/C23H34N2O2/c1-21(2,3)16-7-9-18(10-8-16)24-20(26)19-15-23(27-25-19)13-11-17(12-14-23)22(4,5)6/h7-10,17H,11-15H2,1-6H3,(H,24,26). The highest BCUT2D eigenvalue weighted by Crippen LogP contribution is 2.46. The van der Waals surface area contributed by atoms with Gasteiger partial charge in [0, 0.05) is 12.1 Å². The molecule has 1 amide bonds. The molecule has 3 rings (SSSR count). The van der Waals surface area contributed by atoms with Crippen molar-refractivity contribution < 1.29 is 9.63 Å². The van der Waals surface area contributed by atoms with Gasteiger partial charge in [0.15, 0.2) is 0 Å². The molecular weight excluding hydrogens is 336 g/mol. The number of nitrogens with zero attached hydrogens (tertiary/aromatic N) is 1. The molecule has 1 aromatic rings.